The lowest BCUT2D eigenvalue weighted by Gasteiger charge is -2.49. The van der Waals surface area contributed by atoms with Gasteiger partial charge in [0.25, 0.3) is 0 Å². The number of likely N-dealkylation sites (tertiary alicyclic amines) is 1. The molecule has 0 bridgehead atoms. The van der Waals surface area contributed by atoms with Crippen molar-refractivity contribution in [1.82, 2.24) is 9.88 Å². The summed E-state index contributed by atoms with van der Waals surface area (Å²) in [6.07, 6.45) is 7.04. The van der Waals surface area contributed by atoms with Crippen LogP contribution in [0.2, 0.25) is 0 Å². The van der Waals surface area contributed by atoms with Gasteiger partial charge in [-0.3, -0.25) is 9.88 Å². The molecule has 0 amide bonds. The molecule has 2 fully saturated rings. The minimum atomic E-state index is -0.724. The zero-order valence-electron chi connectivity index (χ0n) is 13.3. The Balaban J connectivity index is 1.56. The van der Waals surface area contributed by atoms with Crippen LogP contribution in [-0.4, -0.2) is 59.6 Å². The van der Waals surface area contributed by atoms with Crippen LogP contribution < -0.4 is 0 Å². The van der Waals surface area contributed by atoms with Gasteiger partial charge in [0, 0.05) is 52.0 Å². The highest BCUT2D eigenvalue weighted by Gasteiger charge is 2.46. The zero-order chi connectivity index (χ0) is 15.5. The van der Waals surface area contributed by atoms with Gasteiger partial charge in [-0.05, 0) is 24.5 Å². The predicted octanol–water partition coefficient (Wildman–Crippen LogP) is 1.60. The van der Waals surface area contributed by atoms with E-state index in [0.29, 0.717) is 26.1 Å². The molecular formula is C17H26N2O3. The second kappa shape index (κ2) is 6.62. The van der Waals surface area contributed by atoms with E-state index >= 15 is 0 Å². The van der Waals surface area contributed by atoms with Gasteiger partial charge in [-0.25, -0.2) is 0 Å². The van der Waals surface area contributed by atoms with E-state index in [1.807, 2.05) is 12.3 Å². The Morgan fingerprint density at radius 1 is 1.36 bits per heavy atom. The van der Waals surface area contributed by atoms with Gasteiger partial charge in [-0.1, -0.05) is 6.07 Å². The molecule has 122 valence electrons. The van der Waals surface area contributed by atoms with Crippen LogP contribution in [0.5, 0.6) is 0 Å². The average molecular weight is 306 g/mol. The smallest absolute Gasteiger partial charge is 0.0929 e. The Hall–Kier alpha value is -1.01. The van der Waals surface area contributed by atoms with E-state index in [4.69, 9.17) is 9.47 Å². The lowest BCUT2D eigenvalue weighted by molar-refractivity contribution is -0.191. The van der Waals surface area contributed by atoms with Gasteiger partial charge in [0.05, 0.1) is 24.4 Å². The minimum absolute atomic E-state index is 0.170. The molecule has 2 aliphatic rings. The van der Waals surface area contributed by atoms with E-state index in [1.165, 1.54) is 5.56 Å². The molecule has 1 atom stereocenters. The summed E-state index contributed by atoms with van der Waals surface area (Å²) in [5, 5.41) is 10.7. The Labute approximate surface area is 132 Å². The highest BCUT2D eigenvalue weighted by molar-refractivity contribution is 5.09. The van der Waals surface area contributed by atoms with E-state index in [1.54, 1.807) is 13.3 Å². The predicted molar refractivity (Wildman–Crippen MR) is 83.5 cm³/mol. The van der Waals surface area contributed by atoms with Crippen LogP contribution >= 0.6 is 0 Å². The summed E-state index contributed by atoms with van der Waals surface area (Å²) >= 11 is 0. The molecule has 3 rings (SSSR count). The molecule has 22 heavy (non-hydrogen) atoms. The standard InChI is InChI=1S/C17H26N2O3/c1-21-14-16(20)6-10-22-17(13-16)4-8-19(9-5-17)12-15-3-2-7-18-11-15/h2-3,7,11,20H,4-6,8-10,12-14H2,1H3. The molecule has 0 radical (unpaired) electrons. The Bertz CT molecular complexity index is 470. The fourth-order valence-corrected chi connectivity index (χ4v) is 3.78. The van der Waals surface area contributed by atoms with Crippen LogP contribution in [0.25, 0.3) is 0 Å². The molecule has 0 saturated carbocycles. The number of hydrogen-bond donors (Lipinski definition) is 1. The van der Waals surface area contributed by atoms with Gasteiger partial charge in [-0.15, -0.1) is 0 Å². The molecule has 3 heterocycles. The fourth-order valence-electron chi connectivity index (χ4n) is 3.78. The summed E-state index contributed by atoms with van der Waals surface area (Å²) in [6, 6.07) is 4.10. The first-order valence-electron chi connectivity index (χ1n) is 8.10. The highest BCUT2D eigenvalue weighted by atomic mass is 16.5. The molecule has 1 N–H and O–H groups in total. The van der Waals surface area contributed by atoms with Crippen molar-refractivity contribution in [3.63, 3.8) is 0 Å². The third-order valence-electron chi connectivity index (χ3n) is 4.94. The Kier molecular flexibility index (Phi) is 4.78. The van der Waals surface area contributed by atoms with Crippen molar-refractivity contribution in [3.05, 3.63) is 30.1 Å². The lowest BCUT2D eigenvalue weighted by Crippen LogP contribution is -2.55. The van der Waals surface area contributed by atoms with Crippen molar-refractivity contribution in [2.75, 3.05) is 33.4 Å². The van der Waals surface area contributed by atoms with E-state index in [9.17, 15) is 5.11 Å². The van der Waals surface area contributed by atoms with E-state index in [2.05, 4.69) is 16.0 Å². The van der Waals surface area contributed by atoms with Gasteiger partial charge in [0.2, 0.25) is 0 Å². The fraction of sp³-hybridized carbons (Fsp3) is 0.706. The Morgan fingerprint density at radius 3 is 2.86 bits per heavy atom. The van der Waals surface area contributed by atoms with Crippen LogP contribution in [0.4, 0.5) is 0 Å². The Morgan fingerprint density at radius 2 is 2.18 bits per heavy atom. The third-order valence-corrected chi connectivity index (χ3v) is 4.94. The number of methoxy groups -OCH3 is 1. The maximum Gasteiger partial charge on any atom is 0.0929 e. The minimum Gasteiger partial charge on any atom is -0.387 e. The van der Waals surface area contributed by atoms with Gasteiger partial charge in [0.1, 0.15) is 0 Å². The number of nitrogens with zero attached hydrogens (tertiary/aromatic N) is 2. The summed E-state index contributed by atoms with van der Waals surface area (Å²) < 4.78 is 11.3. The third kappa shape index (κ3) is 3.66. The monoisotopic (exact) mass is 306 g/mol. The molecule has 2 aliphatic heterocycles. The molecule has 1 spiro atoms. The molecule has 2 saturated heterocycles. The van der Waals surface area contributed by atoms with Crippen molar-refractivity contribution in [2.24, 2.45) is 0 Å². The molecule has 5 nitrogen and oxygen atoms in total. The first-order valence-corrected chi connectivity index (χ1v) is 8.10. The molecular weight excluding hydrogens is 280 g/mol. The maximum absolute atomic E-state index is 10.7. The molecule has 1 unspecified atom stereocenters. The number of aliphatic hydroxyl groups is 1. The topological polar surface area (TPSA) is 54.8 Å². The van der Waals surface area contributed by atoms with Gasteiger partial charge >= 0.3 is 0 Å². The summed E-state index contributed by atoms with van der Waals surface area (Å²) in [4.78, 5) is 6.61. The van der Waals surface area contributed by atoms with Crippen LogP contribution in [0, 0.1) is 0 Å². The number of rotatable bonds is 4. The normalized spacial score (nSPS) is 28.8. The first kappa shape index (κ1) is 15.9. The van der Waals surface area contributed by atoms with Gasteiger partial charge < -0.3 is 14.6 Å². The second-order valence-electron chi connectivity index (χ2n) is 6.75. The number of aromatic nitrogens is 1. The van der Waals surface area contributed by atoms with Crippen molar-refractivity contribution in [1.29, 1.82) is 0 Å². The van der Waals surface area contributed by atoms with Crippen LogP contribution in [0.1, 0.15) is 31.2 Å². The summed E-state index contributed by atoms with van der Waals surface area (Å²) in [5.74, 6) is 0. The van der Waals surface area contributed by atoms with Gasteiger partial charge in [-0.2, -0.15) is 0 Å². The lowest BCUT2D eigenvalue weighted by atomic mass is 9.77. The SMILES string of the molecule is COCC1(O)CCOC2(CCN(Cc3cccnc3)CC2)C1. The summed E-state index contributed by atoms with van der Waals surface area (Å²) in [6.45, 7) is 3.96. The zero-order valence-corrected chi connectivity index (χ0v) is 13.3. The quantitative estimate of drug-likeness (QED) is 0.916. The number of ether oxygens (including phenoxy) is 2. The van der Waals surface area contributed by atoms with E-state index in [0.717, 1.165) is 32.5 Å². The van der Waals surface area contributed by atoms with Crippen molar-refractivity contribution in [3.8, 4) is 0 Å². The van der Waals surface area contributed by atoms with E-state index in [-0.39, 0.29) is 5.60 Å². The van der Waals surface area contributed by atoms with Crippen LogP contribution in [-0.2, 0) is 16.0 Å². The number of piperidine rings is 1. The van der Waals surface area contributed by atoms with E-state index < -0.39 is 5.60 Å². The van der Waals surface area contributed by atoms with Crippen LogP contribution in [0.3, 0.4) is 0 Å². The largest absolute Gasteiger partial charge is 0.387 e. The molecule has 1 aromatic rings. The van der Waals surface area contributed by atoms with Crippen LogP contribution in [0.15, 0.2) is 24.5 Å². The molecule has 1 aromatic heterocycles. The maximum atomic E-state index is 10.7. The molecule has 0 aromatic carbocycles. The average Bonchev–Trinajstić information content (AvgIpc) is 2.51. The number of hydrogen-bond acceptors (Lipinski definition) is 5. The number of pyridine rings is 1. The van der Waals surface area contributed by atoms with Crippen molar-refractivity contribution >= 4 is 0 Å². The summed E-state index contributed by atoms with van der Waals surface area (Å²) in [5.41, 5.74) is 0.356. The highest BCUT2D eigenvalue weighted by Crippen LogP contribution is 2.39. The molecule has 0 aliphatic carbocycles. The summed E-state index contributed by atoms with van der Waals surface area (Å²) in [7, 11) is 1.65. The first-order chi connectivity index (χ1) is 10.6. The van der Waals surface area contributed by atoms with Crippen molar-refractivity contribution < 1.29 is 14.6 Å². The molecule has 5 heteroatoms. The van der Waals surface area contributed by atoms with Crippen molar-refractivity contribution in [2.45, 2.75) is 43.4 Å². The van der Waals surface area contributed by atoms with Gasteiger partial charge in [0.15, 0.2) is 0 Å². The second-order valence-corrected chi connectivity index (χ2v) is 6.75.